The summed E-state index contributed by atoms with van der Waals surface area (Å²) >= 11 is 0. The van der Waals surface area contributed by atoms with Crippen LogP contribution >= 0.6 is 0 Å². The molecule has 3 rings (SSSR count). The van der Waals surface area contributed by atoms with Crippen molar-refractivity contribution in [2.75, 3.05) is 0 Å². The van der Waals surface area contributed by atoms with E-state index >= 15 is 0 Å². The Hall–Kier alpha value is -3.44. The van der Waals surface area contributed by atoms with Crippen molar-refractivity contribution >= 4 is 0 Å². The highest BCUT2D eigenvalue weighted by molar-refractivity contribution is 5.28. The van der Waals surface area contributed by atoms with E-state index in [-0.39, 0.29) is 11.5 Å². The van der Waals surface area contributed by atoms with E-state index in [1.807, 2.05) is 0 Å². The smallest absolute Gasteiger partial charge is 0.424 e. The molecule has 3 aromatic rings. The average Bonchev–Trinajstić information content (AvgIpc) is 2.67. The molecule has 0 saturated carbocycles. The summed E-state index contributed by atoms with van der Waals surface area (Å²) in [6.07, 6.45) is -12.8. The predicted octanol–water partition coefficient (Wildman–Crippen LogP) is 5.75. The highest BCUT2D eigenvalue weighted by Gasteiger charge is 2.76. The molecular weight excluding hydrogens is 423 g/mol. The Bertz CT molecular complexity index is 922. The van der Waals surface area contributed by atoms with Crippen molar-refractivity contribution in [1.29, 1.82) is 0 Å². The first-order chi connectivity index (χ1) is 14.0. The first-order valence-electron chi connectivity index (χ1n) is 8.05. The van der Waals surface area contributed by atoms with Crippen LogP contribution in [0.3, 0.4) is 0 Å². The summed E-state index contributed by atoms with van der Waals surface area (Å²) in [5.41, 5.74) is -5.88. The molecule has 0 atom stereocenters. The van der Waals surface area contributed by atoms with Gasteiger partial charge in [0.1, 0.15) is 11.5 Å². The Labute approximate surface area is 164 Å². The van der Waals surface area contributed by atoms with Gasteiger partial charge in [-0.3, -0.25) is 0 Å². The number of benzene rings is 2. The number of alkyl halides is 7. The van der Waals surface area contributed by atoms with Gasteiger partial charge in [0, 0.05) is 0 Å². The monoisotopic (exact) mass is 433 g/mol. The third kappa shape index (κ3) is 4.26. The van der Waals surface area contributed by atoms with E-state index < -0.39 is 35.9 Å². The van der Waals surface area contributed by atoms with Crippen LogP contribution in [-0.4, -0.2) is 27.3 Å². The predicted molar refractivity (Wildman–Crippen MR) is 87.8 cm³/mol. The maximum atomic E-state index is 14.5. The van der Waals surface area contributed by atoms with Crippen LogP contribution in [0.2, 0.25) is 0 Å². The van der Waals surface area contributed by atoms with Crippen molar-refractivity contribution < 1.29 is 40.2 Å². The Morgan fingerprint density at radius 1 is 0.533 bits per heavy atom. The molecule has 1 aromatic heterocycles. The lowest BCUT2D eigenvalue weighted by atomic mass is 10.0. The number of para-hydroxylation sites is 2. The number of rotatable bonds is 5. The normalized spacial score (nSPS) is 12.5. The van der Waals surface area contributed by atoms with Crippen molar-refractivity contribution in [2.24, 2.45) is 0 Å². The van der Waals surface area contributed by atoms with E-state index in [0.717, 1.165) is 0 Å². The van der Waals surface area contributed by atoms with Crippen LogP contribution in [0.4, 0.5) is 30.7 Å². The summed E-state index contributed by atoms with van der Waals surface area (Å²) in [7, 11) is 0. The van der Waals surface area contributed by atoms with Gasteiger partial charge in [0.2, 0.25) is 0 Å². The fourth-order valence-electron chi connectivity index (χ4n) is 2.19. The SMILES string of the molecule is FC(F)(F)C(F)(c1nc(Oc2ccccc2)nc(Oc2ccccc2)n1)C(F)(F)F. The lowest BCUT2D eigenvalue weighted by molar-refractivity contribution is -0.351. The molecule has 0 amide bonds. The fraction of sp³-hybridized carbons (Fsp3) is 0.167. The number of hydrogen-bond donors (Lipinski definition) is 0. The lowest BCUT2D eigenvalue weighted by Crippen LogP contribution is -2.51. The van der Waals surface area contributed by atoms with Crippen molar-refractivity contribution in [2.45, 2.75) is 18.0 Å². The quantitative estimate of drug-likeness (QED) is 0.480. The molecule has 0 unspecified atom stereocenters. The molecule has 30 heavy (non-hydrogen) atoms. The molecule has 0 N–H and O–H groups in total. The molecule has 2 aromatic carbocycles. The number of ether oxygens (including phenoxy) is 2. The fourth-order valence-corrected chi connectivity index (χ4v) is 2.19. The first-order valence-corrected chi connectivity index (χ1v) is 8.05. The van der Waals surface area contributed by atoms with Gasteiger partial charge in [-0.05, 0) is 24.3 Å². The number of hydrogen-bond acceptors (Lipinski definition) is 5. The molecule has 0 spiro atoms. The van der Waals surface area contributed by atoms with Crippen molar-refractivity contribution in [3.63, 3.8) is 0 Å². The van der Waals surface area contributed by atoms with Crippen molar-refractivity contribution in [1.82, 2.24) is 15.0 Å². The summed E-state index contributed by atoms with van der Waals surface area (Å²) < 4.78 is 103. The molecule has 0 saturated heterocycles. The van der Waals surface area contributed by atoms with E-state index in [1.54, 1.807) is 12.1 Å². The largest absolute Gasteiger partial charge is 0.439 e. The molecule has 0 fully saturated rings. The molecule has 0 radical (unpaired) electrons. The van der Waals surface area contributed by atoms with Gasteiger partial charge in [0.05, 0.1) is 0 Å². The zero-order valence-electron chi connectivity index (χ0n) is 14.6. The van der Waals surface area contributed by atoms with Gasteiger partial charge < -0.3 is 9.47 Å². The van der Waals surface area contributed by atoms with Crippen LogP contribution in [0, 0.1) is 0 Å². The molecule has 12 heteroatoms. The van der Waals surface area contributed by atoms with Gasteiger partial charge in [-0.25, -0.2) is 4.39 Å². The second-order valence-electron chi connectivity index (χ2n) is 5.71. The molecular formula is C18H10F7N3O2. The first kappa shape index (κ1) is 21.3. The van der Waals surface area contributed by atoms with E-state index in [0.29, 0.717) is 0 Å². The van der Waals surface area contributed by atoms with Crippen molar-refractivity contribution in [3.05, 3.63) is 66.5 Å². The number of halogens is 7. The van der Waals surface area contributed by atoms with Crippen LogP contribution in [0.15, 0.2) is 60.7 Å². The maximum Gasteiger partial charge on any atom is 0.439 e. The second kappa shape index (κ2) is 7.76. The topological polar surface area (TPSA) is 57.1 Å². The third-order valence-electron chi connectivity index (χ3n) is 3.59. The minimum atomic E-state index is -6.42. The van der Waals surface area contributed by atoms with Crippen LogP contribution in [0.1, 0.15) is 5.82 Å². The van der Waals surface area contributed by atoms with Gasteiger partial charge in [-0.15, -0.1) is 4.98 Å². The Morgan fingerprint density at radius 2 is 0.900 bits per heavy atom. The van der Waals surface area contributed by atoms with E-state index in [1.165, 1.54) is 48.5 Å². The summed E-state index contributed by atoms with van der Waals surface area (Å²) in [5, 5.41) is 0. The number of nitrogens with zero attached hydrogens (tertiary/aromatic N) is 3. The summed E-state index contributed by atoms with van der Waals surface area (Å²) in [6.45, 7) is 0. The zero-order chi connectivity index (χ0) is 22.0. The average molecular weight is 433 g/mol. The highest BCUT2D eigenvalue weighted by atomic mass is 19.4. The summed E-state index contributed by atoms with van der Waals surface area (Å²) in [5.74, 6) is -2.32. The van der Waals surface area contributed by atoms with Gasteiger partial charge in [0.15, 0.2) is 5.82 Å². The molecule has 0 aliphatic rings. The van der Waals surface area contributed by atoms with Crippen LogP contribution in [0.25, 0.3) is 0 Å². The van der Waals surface area contributed by atoms with Gasteiger partial charge in [-0.2, -0.15) is 36.3 Å². The minimum absolute atomic E-state index is 0.0243. The van der Waals surface area contributed by atoms with Crippen molar-refractivity contribution in [3.8, 4) is 23.5 Å². The summed E-state index contributed by atoms with van der Waals surface area (Å²) in [6, 6.07) is 12.3. The molecule has 158 valence electrons. The summed E-state index contributed by atoms with van der Waals surface area (Å²) in [4.78, 5) is 9.41. The molecule has 0 bridgehead atoms. The zero-order valence-corrected chi connectivity index (χ0v) is 14.6. The number of aromatic nitrogens is 3. The van der Waals surface area contributed by atoms with Gasteiger partial charge in [-0.1, -0.05) is 36.4 Å². The molecule has 0 aliphatic carbocycles. The third-order valence-corrected chi connectivity index (χ3v) is 3.59. The highest BCUT2D eigenvalue weighted by Crippen LogP contribution is 2.52. The maximum absolute atomic E-state index is 14.5. The van der Waals surface area contributed by atoms with E-state index in [2.05, 4.69) is 15.0 Å². The molecule has 1 heterocycles. The Balaban J connectivity index is 2.13. The molecule has 0 aliphatic heterocycles. The van der Waals surface area contributed by atoms with Gasteiger partial charge in [0.25, 0.3) is 0 Å². The molecule has 5 nitrogen and oxygen atoms in total. The van der Waals surface area contributed by atoms with E-state index in [9.17, 15) is 30.7 Å². The lowest BCUT2D eigenvalue weighted by Gasteiger charge is -2.28. The Kier molecular flexibility index (Phi) is 5.51. The second-order valence-corrected chi connectivity index (χ2v) is 5.71. The minimum Gasteiger partial charge on any atom is -0.424 e. The van der Waals surface area contributed by atoms with Crippen LogP contribution in [-0.2, 0) is 5.67 Å². The van der Waals surface area contributed by atoms with E-state index in [4.69, 9.17) is 9.47 Å². The standard InChI is InChI=1S/C18H10F7N3O2/c19-16(17(20,21)22,18(23,24)25)13-26-14(29-11-7-3-1-4-8-11)28-15(27-13)30-12-9-5-2-6-10-12/h1-10H. The Morgan fingerprint density at radius 3 is 1.23 bits per heavy atom. The van der Waals surface area contributed by atoms with Crippen LogP contribution < -0.4 is 9.47 Å². The van der Waals surface area contributed by atoms with Gasteiger partial charge >= 0.3 is 30.0 Å². The van der Waals surface area contributed by atoms with Crippen LogP contribution in [0.5, 0.6) is 23.5 Å².